The summed E-state index contributed by atoms with van der Waals surface area (Å²) in [5.74, 6) is 0. The lowest BCUT2D eigenvalue weighted by atomic mass is 10.4. The Hall–Kier alpha value is 0.0700. The largest absolute Gasteiger partial charge is 0.331 e. The van der Waals surface area contributed by atoms with Crippen LogP contribution in [-0.2, 0) is 13.6 Å². The second-order valence-electron chi connectivity index (χ2n) is 3.68. The summed E-state index contributed by atoms with van der Waals surface area (Å²) in [7, 11) is -2.86. The minimum Gasteiger partial charge on any atom is -0.309 e. The van der Waals surface area contributed by atoms with Crippen LogP contribution in [0.15, 0.2) is 0 Å². The molecule has 1 fully saturated rings. The van der Waals surface area contributed by atoms with Gasteiger partial charge in [-0.3, -0.25) is 4.57 Å². The van der Waals surface area contributed by atoms with Crippen molar-refractivity contribution < 1.29 is 13.6 Å². The van der Waals surface area contributed by atoms with Crippen molar-refractivity contribution >= 4 is 7.60 Å². The highest BCUT2D eigenvalue weighted by molar-refractivity contribution is 7.53. The van der Waals surface area contributed by atoms with Crippen molar-refractivity contribution in [1.82, 2.24) is 10.2 Å². The maximum Gasteiger partial charge on any atom is 0.331 e. The molecule has 0 bridgehead atoms. The lowest BCUT2D eigenvalue weighted by Crippen LogP contribution is -2.41. The third-order valence-electron chi connectivity index (χ3n) is 2.49. The fourth-order valence-corrected chi connectivity index (χ4v) is 3.34. The lowest BCUT2D eigenvalue weighted by molar-refractivity contribution is 0.206. The minimum absolute atomic E-state index is 0.437. The van der Waals surface area contributed by atoms with Gasteiger partial charge in [0.2, 0.25) is 0 Å². The van der Waals surface area contributed by atoms with E-state index in [2.05, 4.69) is 10.2 Å². The summed E-state index contributed by atoms with van der Waals surface area (Å²) < 4.78 is 22.6. The normalized spacial score (nSPS) is 18.9. The molecule has 16 heavy (non-hydrogen) atoms. The summed E-state index contributed by atoms with van der Waals surface area (Å²) in [6.45, 7) is 9.00. The molecule has 1 radical (unpaired) electrons. The van der Waals surface area contributed by atoms with E-state index in [1.54, 1.807) is 0 Å². The summed E-state index contributed by atoms with van der Waals surface area (Å²) in [4.78, 5) is 2.26. The molecule has 0 aromatic heterocycles. The molecule has 0 aromatic rings. The van der Waals surface area contributed by atoms with Gasteiger partial charge in [-0.1, -0.05) is 0 Å². The van der Waals surface area contributed by atoms with Crippen molar-refractivity contribution in [3.05, 3.63) is 0 Å². The Morgan fingerprint density at radius 3 is 2.25 bits per heavy atom. The molecule has 0 spiro atoms. The smallest absolute Gasteiger partial charge is 0.309 e. The topological polar surface area (TPSA) is 52.9 Å². The van der Waals surface area contributed by atoms with E-state index in [0.717, 1.165) is 32.7 Å². The summed E-state index contributed by atoms with van der Waals surface area (Å²) in [6.07, 6.45) is 0.481. The molecule has 1 saturated heterocycles. The predicted octanol–water partition coefficient (Wildman–Crippen LogP) is 1.17. The molecule has 1 aliphatic rings. The SMILES string of the molecule is CCOP(=O)(CCN1CC[N]CC1)OCC. The highest BCUT2D eigenvalue weighted by Gasteiger charge is 2.24. The van der Waals surface area contributed by atoms with Crippen LogP contribution in [0.3, 0.4) is 0 Å². The fourth-order valence-electron chi connectivity index (χ4n) is 1.70. The molecule has 0 unspecified atom stereocenters. The molecule has 0 atom stereocenters. The zero-order chi connectivity index (χ0) is 11.9. The number of rotatable bonds is 7. The molecule has 95 valence electrons. The first-order valence-electron chi connectivity index (χ1n) is 5.94. The zero-order valence-corrected chi connectivity index (χ0v) is 11.1. The predicted molar refractivity (Wildman–Crippen MR) is 64.0 cm³/mol. The van der Waals surface area contributed by atoms with E-state index in [0.29, 0.717) is 19.4 Å². The molecule has 0 amide bonds. The highest BCUT2D eigenvalue weighted by Crippen LogP contribution is 2.47. The molecule has 1 heterocycles. The molecule has 1 aliphatic heterocycles. The van der Waals surface area contributed by atoms with Gasteiger partial charge in [-0.25, -0.2) is 5.32 Å². The fraction of sp³-hybridized carbons (Fsp3) is 1.00. The average Bonchev–Trinajstić information content (AvgIpc) is 2.29. The lowest BCUT2D eigenvalue weighted by Gasteiger charge is -2.27. The van der Waals surface area contributed by atoms with Gasteiger partial charge in [0.25, 0.3) is 0 Å². The second-order valence-corrected chi connectivity index (χ2v) is 5.87. The zero-order valence-electron chi connectivity index (χ0n) is 10.2. The summed E-state index contributed by atoms with van der Waals surface area (Å²) >= 11 is 0. The van der Waals surface area contributed by atoms with Gasteiger partial charge in [-0.15, -0.1) is 0 Å². The molecular weight excluding hydrogens is 227 g/mol. The molecule has 5 nitrogen and oxygen atoms in total. The van der Waals surface area contributed by atoms with Crippen LogP contribution >= 0.6 is 7.60 Å². The van der Waals surface area contributed by atoms with Gasteiger partial charge < -0.3 is 13.9 Å². The molecule has 0 saturated carbocycles. The average molecular weight is 249 g/mol. The van der Waals surface area contributed by atoms with Crippen LogP contribution in [0.4, 0.5) is 0 Å². The van der Waals surface area contributed by atoms with E-state index in [9.17, 15) is 4.57 Å². The van der Waals surface area contributed by atoms with Gasteiger partial charge in [-0.05, 0) is 13.8 Å². The van der Waals surface area contributed by atoms with E-state index in [1.165, 1.54) is 0 Å². The molecule has 6 heteroatoms. The Morgan fingerprint density at radius 1 is 1.19 bits per heavy atom. The van der Waals surface area contributed by atoms with E-state index < -0.39 is 7.60 Å². The Kier molecular flexibility index (Phi) is 6.54. The van der Waals surface area contributed by atoms with Crippen LogP contribution in [0.25, 0.3) is 0 Å². The Balaban J connectivity index is 2.33. The van der Waals surface area contributed by atoms with E-state index in [4.69, 9.17) is 9.05 Å². The molecule has 0 aliphatic carbocycles. The van der Waals surface area contributed by atoms with Crippen LogP contribution in [0.1, 0.15) is 13.8 Å². The number of hydrogen-bond acceptors (Lipinski definition) is 4. The molecular formula is C10H22N2O3P. The Morgan fingerprint density at radius 2 is 1.75 bits per heavy atom. The quantitative estimate of drug-likeness (QED) is 0.636. The van der Waals surface area contributed by atoms with E-state index in [1.807, 2.05) is 13.8 Å². The third-order valence-corrected chi connectivity index (χ3v) is 4.54. The summed E-state index contributed by atoms with van der Waals surface area (Å²) in [6, 6.07) is 0. The van der Waals surface area contributed by atoms with Gasteiger partial charge in [0, 0.05) is 32.7 Å². The monoisotopic (exact) mass is 249 g/mol. The number of piperazine rings is 1. The highest BCUT2D eigenvalue weighted by atomic mass is 31.2. The first-order valence-corrected chi connectivity index (χ1v) is 7.66. The van der Waals surface area contributed by atoms with Crippen molar-refractivity contribution in [2.75, 3.05) is 52.1 Å². The van der Waals surface area contributed by atoms with E-state index in [-0.39, 0.29) is 0 Å². The number of hydrogen-bond donors (Lipinski definition) is 0. The van der Waals surface area contributed by atoms with Crippen molar-refractivity contribution in [2.24, 2.45) is 0 Å². The van der Waals surface area contributed by atoms with Crippen LogP contribution in [0, 0.1) is 0 Å². The first-order chi connectivity index (χ1) is 7.70. The van der Waals surface area contributed by atoms with Crippen LogP contribution < -0.4 is 5.32 Å². The standard InChI is InChI=1S/C10H22N2O3P/c1-3-14-16(13,15-4-2)10-9-12-7-5-11-6-8-12/h3-10H2,1-2H3. The molecule has 0 N–H and O–H groups in total. The van der Waals surface area contributed by atoms with Crippen molar-refractivity contribution in [3.63, 3.8) is 0 Å². The minimum atomic E-state index is -2.86. The van der Waals surface area contributed by atoms with Gasteiger partial charge in [0.15, 0.2) is 0 Å². The molecule has 1 rings (SSSR count). The first kappa shape index (κ1) is 14.1. The van der Waals surface area contributed by atoms with Gasteiger partial charge in [-0.2, -0.15) is 0 Å². The van der Waals surface area contributed by atoms with Crippen LogP contribution in [0.5, 0.6) is 0 Å². The third kappa shape index (κ3) is 4.93. The Bertz CT molecular complexity index is 222. The van der Waals surface area contributed by atoms with E-state index >= 15 is 0 Å². The van der Waals surface area contributed by atoms with Gasteiger partial charge in [0.1, 0.15) is 0 Å². The number of nitrogens with zero attached hydrogens (tertiary/aromatic N) is 2. The maximum atomic E-state index is 12.2. The van der Waals surface area contributed by atoms with Crippen LogP contribution in [-0.4, -0.2) is 57.0 Å². The van der Waals surface area contributed by atoms with Gasteiger partial charge >= 0.3 is 7.60 Å². The second kappa shape index (κ2) is 7.41. The summed E-state index contributed by atoms with van der Waals surface area (Å²) in [5.41, 5.74) is 0. The van der Waals surface area contributed by atoms with Gasteiger partial charge in [0.05, 0.1) is 19.4 Å². The van der Waals surface area contributed by atoms with Crippen molar-refractivity contribution in [3.8, 4) is 0 Å². The Labute approximate surface area is 98.0 Å². The maximum absolute atomic E-state index is 12.2. The summed E-state index contributed by atoms with van der Waals surface area (Å²) in [5, 5.41) is 4.27. The van der Waals surface area contributed by atoms with Crippen molar-refractivity contribution in [2.45, 2.75) is 13.8 Å². The van der Waals surface area contributed by atoms with Crippen LogP contribution in [0.2, 0.25) is 0 Å². The molecule has 0 aromatic carbocycles. The van der Waals surface area contributed by atoms with Crippen molar-refractivity contribution in [1.29, 1.82) is 0 Å².